The van der Waals surface area contributed by atoms with E-state index in [1.807, 2.05) is 17.0 Å². The number of hydrogen-bond donors (Lipinski definition) is 0. The smallest absolute Gasteiger partial charge is 0.289 e. The van der Waals surface area contributed by atoms with E-state index in [1.54, 1.807) is 18.2 Å². The summed E-state index contributed by atoms with van der Waals surface area (Å²) in [6.45, 7) is 3.61. The number of piperidine rings is 2. The fourth-order valence-corrected chi connectivity index (χ4v) is 5.15. The van der Waals surface area contributed by atoms with Gasteiger partial charge in [0.1, 0.15) is 5.58 Å². The van der Waals surface area contributed by atoms with Crippen molar-refractivity contribution in [1.82, 2.24) is 9.80 Å². The van der Waals surface area contributed by atoms with Gasteiger partial charge in [0.2, 0.25) is 0 Å². The van der Waals surface area contributed by atoms with Crippen LogP contribution in [0.4, 0.5) is 0 Å². The molecule has 2 aliphatic rings. The summed E-state index contributed by atoms with van der Waals surface area (Å²) in [5.74, 6) is 0.460. The van der Waals surface area contributed by atoms with Crippen molar-refractivity contribution in [3.8, 4) is 0 Å². The lowest BCUT2D eigenvalue weighted by Crippen LogP contribution is -2.55. The van der Waals surface area contributed by atoms with Crippen LogP contribution in [0.2, 0.25) is 0 Å². The lowest BCUT2D eigenvalue weighted by atomic mass is 9.83. The fraction of sp³-hybridized carbons (Fsp3) is 0.333. The molecule has 0 spiro atoms. The Labute approximate surface area is 187 Å². The molecule has 0 aliphatic carbocycles. The van der Waals surface area contributed by atoms with Crippen molar-refractivity contribution in [2.45, 2.75) is 25.3 Å². The fourth-order valence-electron chi connectivity index (χ4n) is 5.15. The maximum atomic E-state index is 13.3. The van der Waals surface area contributed by atoms with Gasteiger partial charge in [-0.1, -0.05) is 54.6 Å². The van der Waals surface area contributed by atoms with E-state index in [2.05, 4.69) is 41.3 Å². The average molecular weight is 429 g/mol. The summed E-state index contributed by atoms with van der Waals surface area (Å²) in [6, 6.07) is 19.0. The van der Waals surface area contributed by atoms with E-state index in [1.165, 1.54) is 11.6 Å². The van der Waals surface area contributed by atoms with E-state index in [-0.39, 0.29) is 23.1 Å². The molecule has 2 fully saturated rings. The van der Waals surface area contributed by atoms with Gasteiger partial charge in [-0.05, 0) is 42.9 Å². The summed E-state index contributed by atoms with van der Waals surface area (Å²) in [6.07, 6.45) is 7.47. The normalized spacial score (nSPS) is 21.7. The third kappa shape index (κ3) is 4.26. The number of carbonyl (C=O) groups excluding carboxylic acids is 1. The number of amides is 1. The summed E-state index contributed by atoms with van der Waals surface area (Å²) in [4.78, 5) is 30.2. The molecule has 0 unspecified atom stereocenters. The summed E-state index contributed by atoms with van der Waals surface area (Å²) >= 11 is 0. The number of para-hydroxylation sites is 1. The Morgan fingerprint density at radius 1 is 1.03 bits per heavy atom. The van der Waals surface area contributed by atoms with E-state index < -0.39 is 0 Å². The maximum Gasteiger partial charge on any atom is 0.289 e. The van der Waals surface area contributed by atoms with Gasteiger partial charge >= 0.3 is 0 Å². The first-order valence-electron chi connectivity index (χ1n) is 11.5. The van der Waals surface area contributed by atoms with Crippen LogP contribution in [-0.4, -0.2) is 47.9 Å². The minimum Gasteiger partial charge on any atom is -0.451 e. The zero-order valence-electron chi connectivity index (χ0n) is 18.2. The lowest BCUT2D eigenvalue weighted by molar-refractivity contribution is 0.0205. The monoisotopic (exact) mass is 428 g/mol. The molecule has 3 aromatic rings. The molecule has 5 rings (SSSR count). The molecule has 3 heterocycles. The first-order chi connectivity index (χ1) is 15.7. The molecule has 5 heteroatoms. The van der Waals surface area contributed by atoms with Gasteiger partial charge in [-0.15, -0.1) is 0 Å². The molecule has 0 N–H and O–H groups in total. The molecular formula is C27H28N2O3. The Bertz CT molecular complexity index is 1180. The van der Waals surface area contributed by atoms with Gasteiger partial charge in [0, 0.05) is 38.3 Å². The van der Waals surface area contributed by atoms with E-state index in [0.717, 1.165) is 45.4 Å². The standard InChI is InChI=1S/C27H28N2O3/c30-24-18-26(32-25-13-5-4-12-22(24)25)27(31)29-16-7-11-21-19-28(17-14-23(21)29)15-6-10-20-8-2-1-3-9-20/h1-6,8-10,12-13,18,21,23H,7,11,14-17,19H2/b10-6+/t21-,23-/m1/s1. The second-order valence-corrected chi connectivity index (χ2v) is 8.80. The second-order valence-electron chi connectivity index (χ2n) is 8.80. The zero-order chi connectivity index (χ0) is 21.9. The zero-order valence-corrected chi connectivity index (χ0v) is 18.2. The number of benzene rings is 2. The van der Waals surface area contributed by atoms with Gasteiger partial charge in [0.25, 0.3) is 5.91 Å². The molecule has 0 saturated carbocycles. The largest absolute Gasteiger partial charge is 0.451 e. The van der Waals surface area contributed by atoms with Crippen LogP contribution >= 0.6 is 0 Å². The number of likely N-dealkylation sites (tertiary alicyclic amines) is 2. The van der Waals surface area contributed by atoms with Gasteiger partial charge in [-0.25, -0.2) is 0 Å². The average Bonchev–Trinajstić information content (AvgIpc) is 2.84. The number of hydrogen-bond acceptors (Lipinski definition) is 4. The van der Waals surface area contributed by atoms with Crippen LogP contribution in [-0.2, 0) is 0 Å². The van der Waals surface area contributed by atoms with Gasteiger partial charge in [0.05, 0.1) is 5.39 Å². The van der Waals surface area contributed by atoms with Crippen molar-refractivity contribution in [3.05, 3.63) is 88.3 Å². The lowest BCUT2D eigenvalue weighted by Gasteiger charge is -2.47. The van der Waals surface area contributed by atoms with E-state index in [4.69, 9.17) is 4.42 Å². The van der Waals surface area contributed by atoms with Crippen LogP contribution in [0, 0.1) is 5.92 Å². The molecule has 2 atom stereocenters. The molecule has 2 saturated heterocycles. The molecular weight excluding hydrogens is 400 g/mol. The number of rotatable bonds is 4. The first kappa shape index (κ1) is 20.7. The summed E-state index contributed by atoms with van der Waals surface area (Å²) in [7, 11) is 0. The predicted octanol–water partition coefficient (Wildman–Crippen LogP) is 4.43. The summed E-state index contributed by atoms with van der Waals surface area (Å²) in [5, 5.41) is 0.512. The summed E-state index contributed by atoms with van der Waals surface area (Å²) in [5.41, 5.74) is 1.52. The van der Waals surface area contributed by atoms with E-state index in [9.17, 15) is 9.59 Å². The Kier molecular flexibility index (Phi) is 5.91. The van der Waals surface area contributed by atoms with Gasteiger partial charge < -0.3 is 9.32 Å². The molecule has 32 heavy (non-hydrogen) atoms. The van der Waals surface area contributed by atoms with Crippen molar-refractivity contribution >= 4 is 23.0 Å². The Balaban J connectivity index is 1.27. The number of carbonyl (C=O) groups is 1. The van der Waals surface area contributed by atoms with Crippen molar-refractivity contribution in [2.75, 3.05) is 26.2 Å². The van der Waals surface area contributed by atoms with Crippen molar-refractivity contribution in [3.63, 3.8) is 0 Å². The minimum atomic E-state index is -0.163. The first-order valence-corrected chi connectivity index (χ1v) is 11.5. The second kappa shape index (κ2) is 9.13. The van der Waals surface area contributed by atoms with Gasteiger partial charge in [-0.2, -0.15) is 0 Å². The highest BCUT2D eigenvalue weighted by Crippen LogP contribution is 2.32. The maximum absolute atomic E-state index is 13.3. The van der Waals surface area contributed by atoms with Gasteiger partial charge in [0.15, 0.2) is 11.2 Å². The molecule has 2 aromatic carbocycles. The van der Waals surface area contributed by atoms with Crippen LogP contribution in [0.3, 0.4) is 0 Å². The Hall–Kier alpha value is -3.18. The SMILES string of the molecule is O=C(c1cc(=O)c2ccccc2o1)N1CCC[C@@H]2CN(C/C=C/c3ccccc3)CC[C@H]21. The quantitative estimate of drug-likeness (QED) is 0.617. The molecule has 1 aromatic heterocycles. The van der Waals surface area contributed by atoms with E-state index >= 15 is 0 Å². The third-order valence-electron chi connectivity index (χ3n) is 6.73. The van der Waals surface area contributed by atoms with E-state index in [0.29, 0.717) is 16.9 Å². The third-order valence-corrected chi connectivity index (χ3v) is 6.73. The van der Waals surface area contributed by atoms with Gasteiger partial charge in [-0.3, -0.25) is 14.5 Å². The van der Waals surface area contributed by atoms with Crippen LogP contribution < -0.4 is 5.43 Å². The topological polar surface area (TPSA) is 53.8 Å². The minimum absolute atomic E-state index is 0.153. The van der Waals surface area contributed by atoms with Crippen molar-refractivity contribution in [1.29, 1.82) is 0 Å². The molecule has 0 radical (unpaired) electrons. The summed E-state index contributed by atoms with van der Waals surface area (Å²) < 4.78 is 5.84. The Morgan fingerprint density at radius 2 is 1.84 bits per heavy atom. The van der Waals surface area contributed by atoms with Crippen molar-refractivity contribution in [2.24, 2.45) is 5.92 Å². The van der Waals surface area contributed by atoms with Crippen LogP contribution in [0.25, 0.3) is 17.0 Å². The highest BCUT2D eigenvalue weighted by atomic mass is 16.3. The molecule has 0 bridgehead atoms. The highest BCUT2D eigenvalue weighted by molar-refractivity contribution is 5.93. The molecule has 2 aliphatic heterocycles. The molecule has 164 valence electrons. The Morgan fingerprint density at radius 3 is 2.72 bits per heavy atom. The number of nitrogens with zero attached hydrogens (tertiary/aromatic N) is 2. The number of fused-ring (bicyclic) bond motifs is 2. The van der Waals surface area contributed by atoms with Crippen LogP contribution in [0.5, 0.6) is 0 Å². The molecule has 1 amide bonds. The highest BCUT2D eigenvalue weighted by Gasteiger charge is 2.38. The van der Waals surface area contributed by atoms with Crippen molar-refractivity contribution < 1.29 is 9.21 Å². The van der Waals surface area contributed by atoms with Crippen LogP contribution in [0.15, 0.2) is 76.0 Å². The van der Waals surface area contributed by atoms with Crippen LogP contribution in [0.1, 0.15) is 35.4 Å². The predicted molar refractivity (Wildman–Crippen MR) is 127 cm³/mol. The molecule has 5 nitrogen and oxygen atoms in total.